The molecule has 0 saturated carbocycles. The lowest BCUT2D eigenvalue weighted by Gasteiger charge is -2.13. The van der Waals surface area contributed by atoms with Crippen LogP contribution in [-0.2, 0) is 9.53 Å². The first kappa shape index (κ1) is 13.4. The summed E-state index contributed by atoms with van der Waals surface area (Å²) in [5.74, 6) is -2.34. The summed E-state index contributed by atoms with van der Waals surface area (Å²) in [7, 11) is 0. The van der Waals surface area contributed by atoms with Gasteiger partial charge in [-0.2, -0.15) is 0 Å². The van der Waals surface area contributed by atoms with Crippen LogP contribution in [0.1, 0.15) is 6.92 Å². The third kappa shape index (κ3) is 5.66. The Bertz CT molecular complexity index is 244. The van der Waals surface area contributed by atoms with E-state index in [1.807, 2.05) is 0 Å². The molecule has 0 aromatic carbocycles. The standard InChI is InChI=1S/C9H14FNO4/c1-3-4-15-9(14)11-5-6(2)7(10)8(12)13/h3,6-7H,1,4-5H2,2H3,(H,11,14)(H,12,13). The fourth-order valence-electron chi connectivity index (χ4n) is 0.777. The lowest BCUT2D eigenvalue weighted by Crippen LogP contribution is -2.35. The van der Waals surface area contributed by atoms with Crippen LogP contribution in [0.25, 0.3) is 0 Å². The van der Waals surface area contributed by atoms with Crippen molar-refractivity contribution in [2.75, 3.05) is 13.2 Å². The van der Waals surface area contributed by atoms with E-state index < -0.39 is 24.2 Å². The van der Waals surface area contributed by atoms with Crippen LogP contribution in [0, 0.1) is 5.92 Å². The van der Waals surface area contributed by atoms with Gasteiger partial charge in [0.15, 0.2) is 0 Å². The van der Waals surface area contributed by atoms with E-state index in [0.29, 0.717) is 0 Å². The first-order valence-electron chi connectivity index (χ1n) is 4.37. The molecule has 2 atom stereocenters. The number of rotatable bonds is 6. The highest BCUT2D eigenvalue weighted by atomic mass is 19.1. The van der Waals surface area contributed by atoms with Crippen molar-refractivity contribution < 1.29 is 23.8 Å². The molecule has 0 fully saturated rings. The number of halogens is 1. The minimum absolute atomic E-state index is 0.0538. The Labute approximate surface area is 86.9 Å². The van der Waals surface area contributed by atoms with E-state index in [-0.39, 0.29) is 13.2 Å². The number of carbonyl (C=O) groups is 2. The van der Waals surface area contributed by atoms with Gasteiger partial charge in [0.25, 0.3) is 0 Å². The van der Waals surface area contributed by atoms with Gasteiger partial charge in [0.05, 0.1) is 0 Å². The molecule has 0 aliphatic heterocycles. The van der Waals surface area contributed by atoms with Crippen LogP contribution in [-0.4, -0.2) is 36.5 Å². The van der Waals surface area contributed by atoms with Crippen LogP contribution in [0.3, 0.4) is 0 Å². The molecule has 6 heteroatoms. The van der Waals surface area contributed by atoms with Crippen molar-refractivity contribution in [3.8, 4) is 0 Å². The van der Waals surface area contributed by atoms with Crippen molar-refractivity contribution in [2.45, 2.75) is 13.1 Å². The van der Waals surface area contributed by atoms with E-state index in [0.717, 1.165) is 0 Å². The number of hydrogen-bond donors (Lipinski definition) is 2. The van der Waals surface area contributed by atoms with Crippen LogP contribution in [0.4, 0.5) is 9.18 Å². The Morgan fingerprint density at radius 1 is 1.67 bits per heavy atom. The fourth-order valence-corrected chi connectivity index (χ4v) is 0.777. The summed E-state index contributed by atoms with van der Waals surface area (Å²) >= 11 is 0. The van der Waals surface area contributed by atoms with E-state index in [1.54, 1.807) is 0 Å². The second kappa shape index (κ2) is 6.80. The Kier molecular flexibility index (Phi) is 6.08. The highest BCUT2D eigenvalue weighted by Gasteiger charge is 2.24. The van der Waals surface area contributed by atoms with E-state index in [1.165, 1.54) is 13.0 Å². The highest BCUT2D eigenvalue weighted by molar-refractivity contribution is 5.72. The molecule has 0 heterocycles. The smallest absolute Gasteiger partial charge is 0.407 e. The Hall–Kier alpha value is -1.59. The summed E-state index contributed by atoms with van der Waals surface area (Å²) in [6, 6.07) is 0. The number of alkyl carbamates (subject to hydrolysis) is 1. The summed E-state index contributed by atoms with van der Waals surface area (Å²) in [4.78, 5) is 21.1. The summed E-state index contributed by atoms with van der Waals surface area (Å²) in [6.45, 7) is 4.68. The second-order valence-corrected chi connectivity index (χ2v) is 2.99. The van der Waals surface area contributed by atoms with Gasteiger partial charge in [0.2, 0.25) is 6.17 Å². The van der Waals surface area contributed by atoms with E-state index in [9.17, 15) is 14.0 Å². The van der Waals surface area contributed by atoms with Crippen molar-refractivity contribution in [1.82, 2.24) is 5.32 Å². The lowest BCUT2D eigenvalue weighted by atomic mass is 10.1. The molecule has 2 unspecified atom stereocenters. The van der Waals surface area contributed by atoms with Gasteiger partial charge in [0, 0.05) is 12.5 Å². The van der Waals surface area contributed by atoms with Crippen molar-refractivity contribution in [2.24, 2.45) is 5.92 Å². The SMILES string of the molecule is C=CCOC(=O)NCC(C)C(F)C(=O)O. The van der Waals surface area contributed by atoms with Crippen molar-refractivity contribution in [3.63, 3.8) is 0 Å². The van der Waals surface area contributed by atoms with Crippen LogP contribution in [0.15, 0.2) is 12.7 Å². The molecule has 86 valence electrons. The van der Waals surface area contributed by atoms with Gasteiger partial charge >= 0.3 is 12.1 Å². The fraction of sp³-hybridized carbons (Fsp3) is 0.556. The second-order valence-electron chi connectivity index (χ2n) is 2.99. The predicted octanol–water partition coefficient (Wildman–Crippen LogP) is 0.957. The number of alkyl halides is 1. The van der Waals surface area contributed by atoms with Gasteiger partial charge < -0.3 is 15.2 Å². The number of ether oxygens (including phenoxy) is 1. The Balaban J connectivity index is 3.79. The third-order valence-electron chi connectivity index (χ3n) is 1.64. The molecule has 0 radical (unpaired) electrons. The number of nitrogens with one attached hydrogen (secondary N) is 1. The van der Waals surface area contributed by atoms with E-state index in [4.69, 9.17) is 5.11 Å². The van der Waals surface area contributed by atoms with Gasteiger partial charge in [-0.15, -0.1) is 0 Å². The number of carboxylic acids is 1. The lowest BCUT2D eigenvalue weighted by molar-refractivity contribution is -0.144. The first-order chi connectivity index (χ1) is 6.99. The van der Waals surface area contributed by atoms with Gasteiger partial charge in [-0.1, -0.05) is 19.6 Å². The van der Waals surface area contributed by atoms with Crippen molar-refractivity contribution in [3.05, 3.63) is 12.7 Å². The maximum atomic E-state index is 12.8. The monoisotopic (exact) mass is 219 g/mol. The maximum absolute atomic E-state index is 12.8. The normalized spacial score (nSPS) is 13.7. The Morgan fingerprint density at radius 3 is 2.73 bits per heavy atom. The average Bonchev–Trinajstić information content (AvgIpc) is 2.21. The number of amides is 1. The number of carboxylic acid groups (broad SMARTS) is 1. The quantitative estimate of drug-likeness (QED) is 0.652. The van der Waals surface area contributed by atoms with Crippen LogP contribution in [0.5, 0.6) is 0 Å². The van der Waals surface area contributed by atoms with E-state index in [2.05, 4.69) is 16.6 Å². The van der Waals surface area contributed by atoms with Crippen LogP contribution >= 0.6 is 0 Å². The zero-order valence-corrected chi connectivity index (χ0v) is 8.40. The largest absolute Gasteiger partial charge is 0.479 e. The van der Waals surface area contributed by atoms with Crippen molar-refractivity contribution in [1.29, 1.82) is 0 Å². The summed E-state index contributed by atoms with van der Waals surface area (Å²) in [5.41, 5.74) is 0. The molecule has 0 spiro atoms. The molecule has 15 heavy (non-hydrogen) atoms. The molecule has 5 nitrogen and oxygen atoms in total. The minimum atomic E-state index is -2.00. The molecular formula is C9H14FNO4. The zero-order valence-electron chi connectivity index (χ0n) is 8.40. The number of carbonyl (C=O) groups excluding carboxylic acids is 1. The van der Waals surface area contributed by atoms with Gasteiger partial charge in [-0.25, -0.2) is 14.0 Å². The summed E-state index contributed by atoms with van der Waals surface area (Å²) < 4.78 is 17.4. The molecule has 2 N–H and O–H groups in total. The summed E-state index contributed by atoms with van der Waals surface area (Å²) in [5, 5.41) is 10.6. The number of hydrogen-bond acceptors (Lipinski definition) is 3. The maximum Gasteiger partial charge on any atom is 0.407 e. The predicted molar refractivity (Wildman–Crippen MR) is 51.2 cm³/mol. The molecule has 0 saturated heterocycles. The minimum Gasteiger partial charge on any atom is -0.479 e. The Morgan fingerprint density at radius 2 is 2.27 bits per heavy atom. The topological polar surface area (TPSA) is 75.6 Å². The molecule has 0 aromatic heterocycles. The first-order valence-corrected chi connectivity index (χ1v) is 4.37. The average molecular weight is 219 g/mol. The zero-order chi connectivity index (χ0) is 11.8. The summed E-state index contributed by atoms with van der Waals surface area (Å²) in [6.07, 6.45) is -1.33. The third-order valence-corrected chi connectivity index (χ3v) is 1.64. The molecule has 0 aliphatic rings. The van der Waals surface area contributed by atoms with Gasteiger partial charge in [-0.05, 0) is 0 Å². The van der Waals surface area contributed by atoms with E-state index >= 15 is 0 Å². The molecule has 0 aliphatic carbocycles. The molecule has 1 amide bonds. The molecular weight excluding hydrogens is 205 g/mol. The molecule has 0 aromatic rings. The van der Waals surface area contributed by atoms with Crippen LogP contribution < -0.4 is 5.32 Å². The molecule has 0 bridgehead atoms. The van der Waals surface area contributed by atoms with Gasteiger partial charge in [-0.3, -0.25) is 0 Å². The highest BCUT2D eigenvalue weighted by Crippen LogP contribution is 2.06. The number of aliphatic carboxylic acids is 1. The van der Waals surface area contributed by atoms with Gasteiger partial charge in [0.1, 0.15) is 6.61 Å². The van der Waals surface area contributed by atoms with Crippen LogP contribution in [0.2, 0.25) is 0 Å². The van der Waals surface area contributed by atoms with Crippen molar-refractivity contribution >= 4 is 12.1 Å². The molecule has 0 rings (SSSR count).